The summed E-state index contributed by atoms with van der Waals surface area (Å²) in [6.45, 7) is 4.60. The van der Waals surface area contributed by atoms with Crippen LogP contribution < -0.4 is 5.32 Å². The molecule has 1 N–H and O–H groups in total. The van der Waals surface area contributed by atoms with E-state index in [0.717, 1.165) is 18.4 Å². The first-order chi connectivity index (χ1) is 12.7. The SMILES string of the molecule is CCCCCCCCC/C=C/CCC(C)NC(=O)OCc1ccccc1. The molecule has 3 heteroatoms. The Morgan fingerprint density at radius 1 is 1.00 bits per heavy atom. The van der Waals surface area contributed by atoms with E-state index in [1.165, 1.54) is 51.4 Å². The van der Waals surface area contributed by atoms with Gasteiger partial charge < -0.3 is 10.1 Å². The maximum Gasteiger partial charge on any atom is 0.407 e. The van der Waals surface area contributed by atoms with Gasteiger partial charge in [-0.15, -0.1) is 0 Å². The number of benzene rings is 1. The summed E-state index contributed by atoms with van der Waals surface area (Å²) in [5.74, 6) is 0. The fraction of sp³-hybridized carbons (Fsp3) is 0.609. The molecule has 0 aliphatic carbocycles. The summed E-state index contributed by atoms with van der Waals surface area (Å²) >= 11 is 0. The average molecular weight is 360 g/mol. The smallest absolute Gasteiger partial charge is 0.407 e. The first-order valence-electron chi connectivity index (χ1n) is 10.3. The van der Waals surface area contributed by atoms with E-state index in [9.17, 15) is 4.79 Å². The second kappa shape index (κ2) is 15.5. The van der Waals surface area contributed by atoms with Gasteiger partial charge in [-0.2, -0.15) is 0 Å². The van der Waals surface area contributed by atoms with Crippen molar-refractivity contribution >= 4 is 6.09 Å². The molecule has 1 aromatic carbocycles. The summed E-state index contributed by atoms with van der Waals surface area (Å²) in [6.07, 6.45) is 16.8. The van der Waals surface area contributed by atoms with Crippen LogP contribution in [-0.2, 0) is 11.3 Å². The third-order valence-electron chi connectivity index (χ3n) is 4.48. The van der Waals surface area contributed by atoms with E-state index in [1.54, 1.807) is 0 Å². The number of allylic oxidation sites excluding steroid dienone is 2. The Bertz CT molecular complexity index is 484. The van der Waals surface area contributed by atoms with Gasteiger partial charge in [0.2, 0.25) is 0 Å². The number of amides is 1. The predicted molar refractivity (Wildman–Crippen MR) is 110 cm³/mol. The van der Waals surface area contributed by atoms with E-state index < -0.39 is 0 Å². The Balaban J connectivity index is 1.97. The highest BCUT2D eigenvalue weighted by Gasteiger charge is 2.07. The summed E-state index contributed by atoms with van der Waals surface area (Å²) in [5.41, 5.74) is 1.00. The van der Waals surface area contributed by atoms with E-state index in [2.05, 4.69) is 24.4 Å². The third-order valence-corrected chi connectivity index (χ3v) is 4.48. The number of nitrogens with one attached hydrogen (secondary N) is 1. The zero-order valence-corrected chi connectivity index (χ0v) is 16.7. The lowest BCUT2D eigenvalue weighted by molar-refractivity contribution is 0.136. The van der Waals surface area contributed by atoms with Gasteiger partial charge in [0.05, 0.1) is 0 Å². The molecule has 1 aromatic rings. The molecular weight excluding hydrogens is 322 g/mol. The number of unbranched alkanes of at least 4 members (excludes halogenated alkanes) is 7. The molecule has 0 saturated carbocycles. The van der Waals surface area contributed by atoms with E-state index in [4.69, 9.17) is 4.74 Å². The molecule has 0 spiro atoms. The van der Waals surface area contributed by atoms with E-state index in [0.29, 0.717) is 6.61 Å². The molecule has 146 valence electrons. The molecule has 0 bridgehead atoms. The minimum absolute atomic E-state index is 0.126. The van der Waals surface area contributed by atoms with Gasteiger partial charge >= 0.3 is 6.09 Å². The quantitative estimate of drug-likeness (QED) is 0.294. The van der Waals surface area contributed by atoms with Crippen molar-refractivity contribution in [2.75, 3.05) is 0 Å². The van der Waals surface area contributed by atoms with Crippen molar-refractivity contribution in [3.05, 3.63) is 48.0 Å². The Morgan fingerprint density at radius 2 is 1.65 bits per heavy atom. The van der Waals surface area contributed by atoms with Crippen LogP contribution in [0, 0.1) is 0 Å². The molecule has 0 radical (unpaired) electrons. The van der Waals surface area contributed by atoms with Gasteiger partial charge in [-0.05, 0) is 38.2 Å². The molecule has 1 atom stereocenters. The zero-order valence-electron chi connectivity index (χ0n) is 16.7. The summed E-state index contributed by atoms with van der Waals surface area (Å²) in [5, 5.41) is 2.89. The molecular formula is C23H37NO2. The van der Waals surface area contributed by atoms with Crippen molar-refractivity contribution in [1.29, 1.82) is 0 Å². The molecule has 1 amide bonds. The maximum atomic E-state index is 11.8. The van der Waals surface area contributed by atoms with Crippen molar-refractivity contribution in [3.63, 3.8) is 0 Å². The molecule has 3 nitrogen and oxygen atoms in total. The number of rotatable bonds is 14. The summed E-state index contributed by atoms with van der Waals surface area (Å²) in [4.78, 5) is 11.8. The molecule has 0 heterocycles. The Hall–Kier alpha value is -1.77. The summed E-state index contributed by atoms with van der Waals surface area (Å²) in [7, 11) is 0. The van der Waals surface area contributed by atoms with Gasteiger partial charge in [-0.1, -0.05) is 87.9 Å². The number of hydrogen-bond acceptors (Lipinski definition) is 2. The van der Waals surface area contributed by atoms with Crippen molar-refractivity contribution in [2.24, 2.45) is 0 Å². The fourth-order valence-electron chi connectivity index (χ4n) is 2.84. The lowest BCUT2D eigenvalue weighted by atomic mass is 10.1. The monoisotopic (exact) mass is 359 g/mol. The van der Waals surface area contributed by atoms with Gasteiger partial charge in [0.15, 0.2) is 0 Å². The van der Waals surface area contributed by atoms with Crippen LogP contribution in [0.15, 0.2) is 42.5 Å². The van der Waals surface area contributed by atoms with E-state index in [1.807, 2.05) is 37.3 Å². The second-order valence-corrected chi connectivity index (χ2v) is 7.07. The van der Waals surface area contributed by atoms with Crippen LogP contribution in [0.25, 0.3) is 0 Å². The fourth-order valence-corrected chi connectivity index (χ4v) is 2.84. The van der Waals surface area contributed by atoms with Crippen LogP contribution in [0.5, 0.6) is 0 Å². The van der Waals surface area contributed by atoms with Crippen LogP contribution >= 0.6 is 0 Å². The maximum absolute atomic E-state index is 11.8. The highest BCUT2D eigenvalue weighted by atomic mass is 16.5. The van der Waals surface area contributed by atoms with Crippen molar-refractivity contribution in [1.82, 2.24) is 5.32 Å². The predicted octanol–water partition coefficient (Wildman–Crippen LogP) is 6.78. The average Bonchev–Trinajstić information content (AvgIpc) is 2.65. The van der Waals surface area contributed by atoms with Crippen molar-refractivity contribution in [2.45, 2.75) is 90.7 Å². The molecule has 0 fully saturated rings. The van der Waals surface area contributed by atoms with Gasteiger partial charge in [0.1, 0.15) is 6.61 Å². The Morgan fingerprint density at radius 3 is 2.38 bits per heavy atom. The number of carbonyl (C=O) groups excluding carboxylic acids is 1. The minimum atomic E-state index is -0.339. The first-order valence-corrected chi connectivity index (χ1v) is 10.3. The lowest BCUT2D eigenvalue weighted by Gasteiger charge is -2.13. The second-order valence-electron chi connectivity index (χ2n) is 7.07. The zero-order chi connectivity index (χ0) is 18.9. The van der Waals surface area contributed by atoms with Gasteiger partial charge in [-0.3, -0.25) is 0 Å². The molecule has 0 saturated heterocycles. The molecule has 0 aliphatic heterocycles. The number of ether oxygens (including phenoxy) is 1. The largest absolute Gasteiger partial charge is 0.445 e. The van der Waals surface area contributed by atoms with Gasteiger partial charge in [0.25, 0.3) is 0 Å². The highest BCUT2D eigenvalue weighted by molar-refractivity contribution is 5.67. The molecule has 26 heavy (non-hydrogen) atoms. The molecule has 1 rings (SSSR count). The van der Waals surface area contributed by atoms with Gasteiger partial charge in [-0.25, -0.2) is 4.79 Å². The topological polar surface area (TPSA) is 38.3 Å². The Kier molecular flexibility index (Phi) is 13.3. The summed E-state index contributed by atoms with van der Waals surface area (Å²) in [6, 6.07) is 9.86. The van der Waals surface area contributed by atoms with Crippen LogP contribution in [0.3, 0.4) is 0 Å². The minimum Gasteiger partial charge on any atom is -0.445 e. The highest BCUT2D eigenvalue weighted by Crippen LogP contribution is 2.09. The third kappa shape index (κ3) is 12.6. The van der Waals surface area contributed by atoms with E-state index >= 15 is 0 Å². The van der Waals surface area contributed by atoms with Crippen LogP contribution in [-0.4, -0.2) is 12.1 Å². The standard InChI is InChI=1S/C23H37NO2/c1-3-4-5-6-7-8-9-10-11-12-14-17-21(2)24-23(25)26-20-22-18-15-13-16-19-22/h11-13,15-16,18-19,21H,3-10,14,17,20H2,1-2H3,(H,24,25)/b12-11+. The lowest BCUT2D eigenvalue weighted by Crippen LogP contribution is -2.32. The van der Waals surface area contributed by atoms with Gasteiger partial charge in [0, 0.05) is 6.04 Å². The van der Waals surface area contributed by atoms with Crippen LogP contribution in [0.1, 0.15) is 83.6 Å². The van der Waals surface area contributed by atoms with Crippen molar-refractivity contribution < 1.29 is 9.53 Å². The first kappa shape index (κ1) is 22.3. The Labute approximate surface area is 160 Å². The van der Waals surface area contributed by atoms with Crippen LogP contribution in [0.2, 0.25) is 0 Å². The number of hydrogen-bond donors (Lipinski definition) is 1. The van der Waals surface area contributed by atoms with Crippen LogP contribution in [0.4, 0.5) is 4.79 Å². The molecule has 0 aliphatic rings. The van der Waals surface area contributed by atoms with Crippen molar-refractivity contribution in [3.8, 4) is 0 Å². The normalized spacial score (nSPS) is 12.2. The number of carbonyl (C=O) groups is 1. The molecule has 0 aromatic heterocycles. The van der Waals surface area contributed by atoms with E-state index in [-0.39, 0.29) is 12.1 Å². The summed E-state index contributed by atoms with van der Waals surface area (Å²) < 4.78 is 5.24. The number of alkyl carbamates (subject to hydrolysis) is 1. The molecule has 1 unspecified atom stereocenters.